The van der Waals surface area contributed by atoms with E-state index in [-0.39, 0.29) is 18.1 Å². The third-order valence-corrected chi connectivity index (χ3v) is 6.29. The second-order valence-electron chi connectivity index (χ2n) is 8.37. The van der Waals surface area contributed by atoms with Crippen LogP contribution in [-0.4, -0.2) is 22.5 Å². The van der Waals surface area contributed by atoms with Crippen LogP contribution in [0.3, 0.4) is 0 Å². The molecule has 1 heterocycles. The van der Waals surface area contributed by atoms with Gasteiger partial charge >= 0.3 is 0 Å². The van der Waals surface area contributed by atoms with Crippen molar-refractivity contribution in [2.45, 2.75) is 38.0 Å². The second kappa shape index (κ2) is 9.30. The van der Waals surface area contributed by atoms with Gasteiger partial charge in [-0.25, -0.2) is 4.98 Å². The zero-order valence-corrected chi connectivity index (χ0v) is 18.4. The summed E-state index contributed by atoms with van der Waals surface area (Å²) in [5.41, 5.74) is 1.36. The topological polar surface area (TPSA) is 56.5 Å². The first-order chi connectivity index (χ1) is 16.3. The zero-order valence-electron chi connectivity index (χ0n) is 18.4. The number of ether oxygens (including phenoxy) is 1. The average molecular weight is 436 g/mol. The number of benzene rings is 3. The van der Waals surface area contributed by atoms with Gasteiger partial charge in [0.1, 0.15) is 18.2 Å². The minimum atomic E-state index is -0.149. The molecule has 1 aromatic heterocycles. The van der Waals surface area contributed by atoms with Crippen molar-refractivity contribution >= 4 is 27.9 Å². The Bertz CT molecular complexity index is 1440. The molecule has 164 valence electrons. The Morgan fingerprint density at radius 3 is 2.61 bits per heavy atom. The lowest BCUT2D eigenvalue weighted by Gasteiger charge is -2.22. The SMILES string of the molecule is C#CCOc1ccc2ccccc2c1C=Nn1c(C2CCCCC2)nc2ccccc2c1=O. The van der Waals surface area contributed by atoms with Crippen molar-refractivity contribution < 1.29 is 4.74 Å². The van der Waals surface area contributed by atoms with Gasteiger partial charge in [0.05, 0.1) is 17.1 Å². The highest BCUT2D eigenvalue weighted by atomic mass is 16.5. The Labute approximate surface area is 192 Å². The van der Waals surface area contributed by atoms with Gasteiger partial charge < -0.3 is 4.74 Å². The van der Waals surface area contributed by atoms with Gasteiger partial charge in [-0.2, -0.15) is 9.78 Å². The van der Waals surface area contributed by atoms with E-state index in [1.807, 2.05) is 54.6 Å². The first kappa shape index (κ1) is 21.0. The predicted octanol–water partition coefficient (Wildman–Crippen LogP) is 5.49. The monoisotopic (exact) mass is 435 g/mol. The standard InChI is InChI=1S/C28H25N3O2/c1-2-18-33-26-17-16-20-10-6-7-13-22(20)24(26)19-29-31-27(21-11-4-3-5-12-21)30-25-15-9-8-14-23(25)28(31)32/h1,6-10,13-17,19,21H,3-5,11-12,18H2. The van der Waals surface area contributed by atoms with Crippen molar-refractivity contribution in [1.29, 1.82) is 0 Å². The van der Waals surface area contributed by atoms with Gasteiger partial charge in [0, 0.05) is 11.5 Å². The third-order valence-electron chi connectivity index (χ3n) is 6.29. The minimum absolute atomic E-state index is 0.149. The molecule has 5 nitrogen and oxygen atoms in total. The molecule has 1 fully saturated rings. The zero-order chi connectivity index (χ0) is 22.6. The molecule has 0 saturated heterocycles. The van der Waals surface area contributed by atoms with Crippen LogP contribution in [0.2, 0.25) is 0 Å². The smallest absolute Gasteiger partial charge is 0.282 e. The molecule has 0 N–H and O–H groups in total. The highest BCUT2D eigenvalue weighted by Gasteiger charge is 2.22. The number of hydrogen-bond acceptors (Lipinski definition) is 4. The van der Waals surface area contributed by atoms with Crippen molar-refractivity contribution in [2.75, 3.05) is 6.61 Å². The number of fused-ring (bicyclic) bond motifs is 2. The lowest BCUT2D eigenvalue weighted by molar-refractivity contribution is 0.370. The van der Waals surface area contributed by atoms with Crippen LogP contribution >= 0.6 is 0 Å². The van der Waals surface area contributed by atoms with Crippen LogP contribution < -0.4 is 10.3 Å². The summed E-state index contributed by atoms with van der Waals surface area (Å²) in [5, 5.41) is 7.31. The first-order valence-electron chi connectivity index (χ1n) is 11.4. The van der Waals surface area contributed by atoms with Gasteiger partial charge in [-0.05, 0) is 41.8 Å². The van der Waals surface area contributed by atoms with E-state index in [9.17, 15) is 4.79 Å². The number of rotatable bonds is 5. The van der Waals surface area contributed by atoms with Crippen molar-refractivity contribution in [3.8, 4) is 18.1 Å². The van der Waals surface area contributed by atoms with Crippen molar-refractivity contribution in [3.63, 3.8) is 0 Å². The molecule has 5 heteroatoms. The number of nitrogens with zero attached hydrogens (tertiary/aromatic N) is 3. The lowest BCUT2D eigenvalue weighted by atomic mass is 9.88. The van der Waals surface area contributed by atoms with Gasteiger partial charge in [0.25, 0.3) is 5.56 Å². The van der Waals surface area contributed by atoms with Crippen LogP contribution in [0.15, 0.2) is 70.6 Å². The summed E-state index contributed by atoms with van der Waals surface area (Å²) in [5.74, 6) is 4.11. The Morgan fingerprint density at radius 2 is 1.79 bits per heavy atom. The van der Waals surface area contributed by atoms with Crippen LogP contribution in [0.25, 0.3) is 21.7 Å². The molecule has 1 aliphatic rings. The van der Waals surface area contributed by atoms with E-state index in [2.05, 4.69) is 5.92 Å². The normalized spacial score (nSPS) is 14.6. The summed E-state index contributed by atoms with van der Waals surface area (Å²) < 4.78 is 7.29. The van der Waals surface area contributed by atoms with E-state index in [1.54, 1.807) is 12.3 Å². The quantitative estimate of drug-likeness (QED) is 0.308. The fourth-order valence-corrected chi connectivity index (χ4v) is 4.65. The molecule has 0 amide bonds. The Morgan fingerprint density at radius 1 is 1.03 bits per heavy atom. The van der Waals surface area contributed by atoms with Crippen LogP contribution in [0.1, 0.15) is 49.4 Å². The van der Waals surface area contributed by atoms with E-state index in [0.29, 0.717) is 11.1 Å². The molecular weight excluding hydrogens is 410 g/mol. The Hall–Kier alpha value is -3.91. The number of hydrogen-bond donors (Lipinski definition) is 0. The predicted molar refractivity (Wildman–Crippen MR) is 133 cm³/mol. The first-order valence-corrected chi connectivity index (χ1v) is 11.4. The summed E-state index contributed by atoms with van der Waals surface area (Å²) in [4.78, 5) is 18.4. The highest BCUT2D eigenvalue weighted by Crippen LogP contribution is 2.32. The molecule has 0 bridgehead atoms. The number of para-hydroxylation sites is 1. The van der Waals surface area contributed by atoms with E-state index < -0.39 is 0 Å². The van der Waals surface area contributed by atoms with Crippen molar-refractivity contribution in [2.24, 2.45) is 5.10 Å². The van der Waals surface area contributed by atoms with Crippen LogP contribution in [0.4, 0.5) is 0 Å². The summed E-state index contributed by atoms with van der Waals surface area (Å²) in [6.45, 7) is 0.157. The minimum Gasteiger partial charge on any atom is -0.480 e. The molecule has 3 aromatic carbocycles. The van der Waals surface area contributed by atoms with Crippen LogP contribution in [0.5, 0.6) is 5.75 Å². The maximum Gasteiger partial charge on any atom is 0.282 e. The summed E-state index contributed by atoms with van der Waals surface area (Å²) in [7, 11) is 0. The molecule has 33 heavy (non-hydrogen) atoms. The summed E-state index contributed by atoms with van der Waals surface area (Å²) in [6, 6.07) is 19.4. The highest BCUT2D eigenvalue weighted by molar-refractivity contribution is 6.02. The maximum atomic E-state index is 13.5. The van der Waals surface area contributed by atoms with E-state index in [0.717, 1.165) is 53.4 Å². The Kier molecular flexibility index (Phi) is 5.91. The molecule has 0 radical (unpaired) electrons. The third kappa shape index (κ3) is 4.12. The van der Waals surface area contributed by atoms with Gasteiger partial charge in [-0.1, -0.05) is 67.6 Å². The van der Waals surface area contributed by atoms with E-state index in [4.69, 9.17) is 21.2 Å². The second-order valence-corrected chi connectivity index (χ2v) is 8.37. The van der Waals surface area contributed by atoms with E-state index >= 15 is 0 Å². The molecule has 5 rings (SSSR count). The number of terminal acetylenes is 1. The molecule has 0 atom stereocenters. The summed E-state index contributed by atoms with van der Waals surface area (Å²) >= 11 is 0. The molecule has 0 spiro atoms. The van der Waals surface area contributed by atoms with Gasteiger partial charge in [0.15, 0.2) is 0 Å². The van der Waals surface area contributed by atoms with Gasteiger partial charge in [0.2, 0.25) is 0 Å². The Balaban J connectivity index is 1.68. The maximum absolute atomic E-state index is 13.5. The average Bonchev–Trinajstić information content (AvgIpc) is 2.87. The van der Waals surface area contributed by atoms with Crippen LogP contribution in [-0.2, 0) is 0 Å². The fraction of sp³-hybridized carbons (Fsp3) is 0.250. The molecule has 1 saturated carbocycles. The summed E-state index contributed by atoms with van der Waals surface area (Å²) in [6.07, 6.45) is 12.7. The molecular formula is C28H25N3O2. The molecule has 0 aliphatic heterocycles. The van der Waals surface area contributed by atoms with E-state index in [1.165, 1.54) is 11.1 Å². The van der Waals surface area contributed by atoms with Crippen molar-refractivity contribution in [3.05, 3.63) is 82.4 Å². The molecule has 4 aromatic rings. The molecule has 1 aliphatic carbocycles. The van der Waals surface area contributed by atoms with Gasteiger partial charge in [-0.15, -0.1) is 6.42 Å². The number of aromatic nitrogens is 2. The van der Waals surface area contributed by atoms with Gasteiger partial charge in [-0.3, -0.25) is 4.79 Å². The van der Waals surface area contributed by atoms with Crippen LogP contribution in [0, 0.1) is 12.3 Å². The fourth-order valence-electron chi connectivity index (χ4n) is 4.65. The largest absolute Gasteiger partial charge is 0.480 e. The molecule has 0 unspecified atom stereocenters. The van der Waals surface area contributed by atoms with Crippen molar-refractivity contribution in [1.82, 2.24) is 9.66 Å². The lowest BCUT2D eigenvalue weighted by Crippen LogP contribution is -2.25.